The van der Waals surface area contributed by atoms with E-state index in [1.165, 1.54) is 11.3 Å². The monoisotopic (exact) mass is 487 g/mol. The number of hydrogen-bond acceptors (Lipinski definition) is 6. The molecule has 0 aliphatic rings. The number of anilines is 2. The Balaban J connectivity index is 1.50. The standard InChI is InChI=1S/C27H29N5O2S/c1-4-6-16-32(3)27(34)21-13-14-22(31-24(21)28-5-2)18-9-11-20(12-10-18)30-25(33)23-17-19-8-7-15-29-26(19)35-23/h7-15,17H,4-6,16H2,1-3H3,(H,28,31)(H,30,33). The van der Waals surface area contributed by atoms with Gasteiger partial charge in [0.2, 0.25) is 0 Å². The molecule has 8 heteroatoms. The van der Waals surface area contributed by atoms with Crippen molar-refractivity contribution in [2.75, 3.05) is 30.8 Å². The van der Waals surface area contributed by atoms with E-state index in [2.05, 4.69) is 22.5 Å². The fourth-order valence-electron chi connectivity index (χ4n) is 3.70. The summed E-state index contributed by atoms with van der Waals surface area (Å²) in [6.45, 7) is 5.46. The summed E-state index contributed by atoms with van der Waals surface area (Å²) in [5.41, 5.74) is 2.91. The summed E-state index contributed by atoms with van der Waals surface area (Å²) in [4.78, 5) is 37.8. The van der Waals surface area contributed by atoms with Gasteiger partial charge in [-0.3, -0.25) is 9.59 Å². The van der Waals surface area contributed by atoms with Crippen molar-refractivity contribution in [1.29, 1.82) is 0 Å². The smallest absolute Gasteiger partial charge is 0.265 e. The Bertz CT molecular complexity index is 1300. The molecular weight excluding hydrogens is 458 g/mol. The highest BCUT2D eigenvalue weighted by atomic mass is 32.1. The van der Waals surface area contributed by atoms with Gasteiger partial charge >= 0.3 is 0 Å². The SMILES string of the molecule is CCCCN(C)C(=O)c1ccc(-c2ccc(NC(=O)c3cc4cccnc4s3)cc2)nc1NCC. The van der Waals surface area contributed by atoms with Crippen LogP contribution >= 0.6 is 11.3 Å². The summed E-state index contributed by atoms with van der Waals surface area (Å²) >= 11 is 1.37. The predicted octanol–water partition coefficient (Wildman–Crippen LogP) is 5.91. The minimum absolute atomic E-state index is 0.0389. The number of pyridine rings is 2. The highest BCUT2D eigenvalue weighted by Gasteiger charge is 2.18. The molecule has 4 rings (SSSR count). The molecular formula is C27H29N5O2S. The van der Waals surface area contributed by atoms with Crippen LogP contribution in [0.25, 0.3) is 21.5 Å². The number of carbonyl (C=O) groups is 2. The summed E-state index contributed by atoms with van der Waals surface area (Å²) in [5, 5.41) is 7.13. The Morgan fingerprint density at radius 2 is 1.86 bits per heavy atom. The van der Waals surface area contributed by atoms with Crippen molar-refractivity contribution in [3.05, 3.63) is 71.2 Å². The van der Waals surface area contributed by atoms with Crippen LogP contribution in [-0.2, 0) is 0 Å². The van der Waals surface area contributed by atoms with Gasteiger partial charge < -0.3 is 15.5 Å². The number of hydrogen-bond donors (Lipinski definition) is 2. The molecule has 0 spiro atoms. The molecule has 4 aromatic rings. The van der Waals surface area contributed by atoms with E-state index in [1.54, 1.807) is 11.1 Å². The second-order valence-corrected chi connectivity index (χ2v) is 9.27. The summed E-state index contributed by atoms with van der Waals surface area (Å²) in [6, 6.07) is 16.9. The number of amides is 2. The Hall–Kier alpha value is -3.78. The number of fused-ring (bicyclic) bond motifs is 1. The van der Waals surface area contributed by atoms with E-state index in [-0.39, 0.29) is 11.8 Å². The summed E-state index contributed by atoms with van der Waals surface area (Å²) in [5.74, 6) is 0.375. The predicted molar refractivity (Wildman–Crippen MR) is 143 cm³/mol. The van der Waals surface area contributed by atoms with E-state index in [0.29, 0.717) is 35.0 Å². The van der Waals surface area contributed by atoms with Crippen LogP contribution in [0.5, 0.6) is 0 Å². The first-order chi connectivity index (χ1) is 17.0. The fourth-order valence-corrected chi connectivity index (χ4v) is 4.60. The van der Waals surface area contributed by atoms with Gasteiger partial charge in [0, 0.05) is 43.0 Å². The van der Waals surface area contributed by atoms with Gasteiger partial charge in [0.1, 0.15) is 10.6 Å². The maximum atomic E-state index is 12.9. The molecule has 1 aromatic carbocycles. The van der Waals surface area contributed by atoms with E-state index in [1.807, 2.05) is 68.6 Å². The minimum Gasteiger partial charge on any atom is -0.370 e. The van der Waals surface area contributed by atoms with Crippen LogP contribution in [0.2, 0.25) is 0 Å². The molecule has 0 aliphatic heterocycles. The molecule has 3 aromatic heterocycles. The third kappa shape index (κ3) is 5.66. The average molecular weight is 488 g/mol. The van der Waals surface area contributed by atoms with E-state index in [0.717, 1.165) is 34.3 Å². The van der Waals surface area contributed by atoms with Gasteiger partial charge in [-0.25, -0.2) is 9.97 Å². The zero-order chi connectivity index (χ0) is 24.8. The first kappa shape index (κ1) is 24.3. The zero-order valence-corrected chi connectivity index (χ0v) is 21.0. The third-order valence-electron chi connectivity index (χ3n) is 5.62. The lowest BCUT2D eigenvalue weighted by Crippen LogP contribution is -2.28. The Kier molecular flexibility index (Phi) is 7.72. The highest BCUT2D eigenvalue weighted by Crippen LogP contribution is 2.26. The van der Waals surface area contributed by atoms with Crippen molar-refractivity contribution in [3.8, 4) is 11.3 Å². The van der Waals surface area contributed by atoms with Gasteiger partial charge in [0.25, 0.3) is 11.8 Å². The van der Waals surface area contributed by atoms with E-state index < -0.39 is 0 Å². The number of benzene rings is 1. The molecule has 0 bridgehead atoms. The Morgan fingerprint density at radius 3 is 2.57 bits per heavy atom. The molecule has 0 saturated carbocycles. The average Bonchev–Trinajstić information content (AvgIpc) is 3.32. The lowest BCUT2D eigenvalue weighted by molar-refractivity contribution is 0.0793. The van der Waals surface area contributed by atoms with Crippen molar-refractivity contribution >= 4 is 44.9 Å². The first-order valence-electron chi connectivity index (χ1n) is 11.8. The first-order valence-corrected chi connectivity index (χ1v) is 12.6. The number of rotatable bonds is 9. The van der Waals surface area contributed by atoms with Crippen LogP contribution in [0.3, 0.4) is 0 Å². The topological polar surface area (TPSA) is 87.2 Å². The van der Waals surface area contributed by atoms with Gasteiger partial charge in [-0.05, 0) is 49.7 Å². The summed E-state index contributed by atoms with van der Waals surface area (Å²) in [7, 11) is 1.82. The van der Waals surface area contributed by atoms with E-state index in [9.17, 15) is 9.59 Å². The van der Waals surface area contributed by atoms with Crippen LogP contribution in [0.4, 0.5) is 11.5 Å². The summed E-state index contributed by atoms with van der Waals surface area (Å²) in [6.07, 6.45) is 3.72. The lowest BCUT2D eigenvalue weighted by Gasteiger charge is -2.19. The molecule has 0 radical (unpaired) electrons. The molecule has 0 atom stereocenters. The minimum atomic E-state index is -0.164. The molecule has 0 saturated heterocycles. The van der Waals surface area contributed by atoms with Crippen molar-refractivity contribution in [3.63, 3.8) is 0 Å². The van der Waals surface area contributed by atoms with Crippen molar-refractivity contribution in [2.45, 2.75) is 26.7 Å². The maximum Gasteiger partial charge on any atom is 0.265 e. The molecule has 0 unspecified atom stereocenters. The number of unbranched alkanes of at least 4 members (excludes halogenated alkanes) is 1. The van der Waals surface area contributed by atoms with E-state index >= 15 is 0 Å². The van der Waals surface area contributed by atoms with Crippen LogP contribution in [-0.4, -0.2) is 46.8 Å². The number of carbonyl (C=O) groups excluding carboxylic acids is 2. The van der Waals surface area contributed by atoms with Crippen molar-refractivity contribution < 1.29 is 9.59 Å². The van der Waals surface area contributed by atoms with Crippen molar-refractivity contribution in [2.24, 2.45) is 0 Å². The molecule has 0 aliphatic carbocycles. The second kappa shape index (κ2) is 11.1. The maximum absolute atomic E-state index is 12.9. The van der Waals surface area contributed by atoms with Gasteiger partial charge in [0.05, 0.1) is 16.1 Å². The largest absolute Gasteiger partial charge is 0.370 e. The van der Waals surface area contributed by atoms with Crippen LogP contribution in [0, 0.1) is 0 Å². The highest BCUT2D eigenvalue weighted by molar-refractivity contribution is 7.20. The van der Waals surface area contributed by atoms with Crippen LogP contribution < -0.4 is 10.6 Å². The van der Waals surface area contributed by atoms with Gasteiger partial charge in [-0.2, -0.15) is 0 Å². The quantitative estimate of drug-likeness (QED) is 0.306. The van der Waals surface area contributed by atoms with E-state index in [4.69, 9.17) is 4.98 Å². The van der Waals surface area contributed by atoms with Crippen molar-refractivity contribution in [1.82, 2.24) is 14.9 Å². The Morgan fingerprint density at radius 1 is 1.06 bits per heavy atom. The fraction of sp³-hybridized carbons (Fsp3) is 0.259. The van der Waals surface area contributed by atoms with Gasteiger partial charge in [-0.15, -0.1) is 11.3 Å². The normalized spacial score (nSPS) is 10.8. The van der Waals surface area contributed by atoms with Gasteiger partial charge in [0.15, 0.2) is 0 Å². The Labute approximate surface area is 209 Å². The molecule has 0 fully saturated rings. The van der Waals surface area contributed by atoms with Crippen LogP contribution in [0.15, 0.2) is 60.8 Å². The molecule has 35 heavy (non-hydrogen) atoms. The molecule has 3 heterocycles. The van der Waals surface area contributed by atoms with Crippen LogP contribution in [0.1, 0.15) is 46.7 Å². The molecule has 2 N–H and O–H groups in total. The lowest BCUT2D eigenvalue weighted by atomic mass is 10.1. The van der Waals surface area contributed by atoms with Gasteiger partial charge in [-0.1, -0.05) is 31.5 Å². The number of nitrogens with zero attached hydrogens (tertiary/aromatic N) is 3. The summed E-state index contributed by atoms with van der Waals surface area (Å²) < 4.78 is 0. The molecule has 180 valence electrons. The zero-order valence-electron chi connectivity index (χ0n) is 20.2. The number of thiophene rings is 1. The number of aromatic nitrogens is 2. The second-order valence-electron chi connectivity index (χ2n) is 8.24. The molecule has 2 amide bonds. The molecule has 7 nitrogen and oxygen atoms in total. The third-order valence-corrected chi connectivity index (χ3v) is 6.68. The number of nitrogens with one attached hydrogen (secondary N) is 2.